The summed E-state index contributed by atoms with van der Waals surface area (Å²) in [6.07, 6.45) is 4.95. The Bertz CT molecular complexity index is 137. The Labute approximate surface area is 47.4 Å². The Hall–Kier alpha value is -1.16. The van der Waals surface area contributed by atoms with Gasteiger partial charge in [0.2, 0.25) is 0 Å². The molecule has 0 spiro atoms. The monoisotopic (exact) mass is 112 g/mol. The van der Waals surface area contributed by atoms with E-state index in [9.17, 15) is 0 Å². The second kappa shape index (κ2) is 1.75. The van der Waals surface area contributed by atoms with Gasteiger partial charge in [-0.3, -0.25) is 5.43 Å². The maximum atomic E-state index is 5.33. The van der Waals surface area contributed by atoms with Crippen LogP contribution in [0.25, 0.3) is 0 Å². The van der Waals surface area contributed by atoms with E-state index in [0.717, 1.165) is 0 Å². The van der Waals surface area contributed by atoms with Gasteiger partial charge in [0.05, 0.1) is 5.70 Å². The van der Waals surface area contributed by atoms with Crippen LogP contribution < -0.4 is 17.0 Å². The first kappa shape index (κ1) is 4.99. The highest BCUT2D eigenvalue weighted by molar-refractivity contribution is 5.15. The van der Waals surface area contributed by atoms with Crippen LogP contribution in [0.4, 0.5) is 0 Å². The molecule has 0 saturated heterocycles. The molecule has 1 rings (SSSR count). The van der Waals surface area contributed by atoms with Crippen molar-refractivity contribution < 1.29 is 0 Å². The molecule has 0 unspecified atom stereocenters. The van der Waals surface area contributed by atoms with Crippen molar-refractivity contribution in [2.24, 2.45) is 11.6 Å². The van der Waals surface area contributed by atoms with Gasteiger partial charge in [-0.15, -0.1) is 0 Å². The van der Waals surface area contributed by atoms with Crippen LogP contribution in [0.15, 0.2) is 24.2 Å². The summed E-state index contributed by atoms with van der Waals surface area (Å²) in [6, 6.07) is 0. The van der Waals surface area contributed by atoms with Crippen LogP contribution in [0.1, 0.15) is 0 Å². The zero-order chi connectivity index (χ0) is 5.98. The summed E-state index contributed by atoms with van der Waals surface area (Å²) in [5.74, 6) is 5.23. The van der Waals surface area contributed by atoms with E-state index in [1.807, 2.05) is 0 Å². The highest BCUT2D eigenvalue weighted by Gasteiger charge is 1.91. The summed E-state index contributed by atoms with van der Waals surface area (Å²) in [7, 11) is 0. The largest absolute Gasteiger partial charge is 0.397 e. The first-order valence-corrected chi connectivity index (χ1v) is 2.23. The SMILES string of the molecule is NC1=CNN(N)C=C1. The van der Waals surface area contributed by atoms with Crippen molar-refractivity contribution in [3.63, 3.8) is 0 Å². The summed E-state index contributed by atoms with van der Waals surface area (Å²) in [4.78, 5) is 0. The summed E-state index contributed by atoms with van der Waals surface area (Å²) in [5.41, 5.74) is 8.67. The van der Waals surface area contributed by atoms with Gasteiger partial charge in [-0.2, -0.15) is 0 Å². The quantitative estimate of drug-likeness (QED) is 0.351. The molecule has 8 heavy (non-hydrogen) atoms. The van der Waals surface area contributed by atoms with Gasteiger partial charge < -0.3 is 5.73 Å². The molecule has 0 aromatic rings. The number of nitrogens with two attached hydrogens (primary N) is 2. The summed E-state index contributed by atoms with van der Waals surface area (Å²) < 4.78 is 0. The average molecular weight is 112 g/mol. The average Bonchev–Trinajstić information content (AvgIpc) is 1.77. The number of hydrogen-bond acceptors (Lipinski definition) is 4. The van der Waals surface area contributed by atoms with E-state index >= 15 is 0 Å². The Kier molecular flexibility index (Phi) is 1.09. The molecule has 0 atom stereocenters. The molecule has 44 valence electrons. The molecule has 0 amide bonds. The topological polar surface area (TPSA) is 67.3 Å². The van der Waals surface area contributed by atoms with Crippen LogP contribution in [0, 0.1) is 0 Å². The van der Waals surface area contributed by atoms with E-state index in [2.05, 4.69) is 5.43 Å². The molecule has 1 aliphatic heterocycles. The van der Waals surface area contributed by atoms with Crippen LogP contribution in [0.5, 0.6) is 0 Å². The van der Waals surface area contributed by atoms with E-state index in [-0.39, 0.29) is 0 Å². The van der Waals surface area contributed by atoms with Crippen LogP contribution in [0.2, 0.25) is 0 Å². The Balaban J connectivity index is 2.58. The molecule has 0 saturated carbocycles. The Morgan fingerprint density at radius 1 is 1.62 bits per heavy atom. The Morgan fingerprint density at radius 3 is 2.75 bits per heavy atom. The molecular weight excluding hydrogens is 104 g/mol. The minimum absolute atomic E-state index is 0.673. The molecule has 0 fully saturated rings. The molecule has 0 bridgehead atoms. The van der Waals surface area contributed by atoms with Crippen molar-refractivity contribution in [1.82, 2.24) is 10.5 Å². The predicted octanol–water partition coefficient (Wildman–Crippen LogP) is -1.01. The van der Waals surface area contributed by atoms with E-state index in [4.69, 9.17) is 11.6 Å². The van der Waals surface area contributed by atoms with Gasteiger partial charge >= 0.3 is 0 Å². The van der Waals surface area contributed by atoms with Crippen molar-refractivity contribution in [3.8, 4) is 0 Å². The number of hydrogen-bond donors (Lipinski definition) is 3. The molecule has 5 N–H and O–H groups in total. The van der Waals surface area contributed by atoms with Crippen LogP contribution >= 0.6 is 0 Å². The molecule has 1 heterocycles. The summed E-state index contributed by atoms with van der Waals surface area (Å²) >= 11 is 0. The predicted molar refractivity (Wildman–Crippen MR) is 30.6 cm³/mol. The normalized spacial score (nSPS) is 17.6. The molecule has 0 aliphatic carbocycles. The van der Waals surface area contributed by atoms with Gasteiger partial charge in [0.1, 0.15) is 0 Å². The van der Waals surface area contributed by atoms with Gasteiger partial charge in [-0.25, -0.2) is 11.0 Å². The molecule has 0 radical (unpaired) electrons. The fraction of sp³-hybridized carbons (Fsp3) is 0. The number of nitrogens with zero attached hydrogens (tertiary/aromatic N) is 1. The first-order chi connectivity index (χ1) is 3.79. The van der Waals surface area contributed by atoms with Crippen molar-refractivity contribution in [2.45, 2.75) is 0 Å². The van der Waals surface area contributed by atoms with Gasteiger partial charge in [0.25, 0.3) is 0 Å². The van der Waals surface area contributed by atoms with Gasteiger partial charge in [0.15, 0.2) is 0 Å². The van der Waals surface area contributed by atoms with Gasteiger partial charge in [-0.1, -0.05) is 0 Å². The third kappa shape index (κ3) is 0.913. The fourth-order valence-electron chi connectivity index (χ4n) is 0.407. The number of hydrazine groups is 2. The highest BCUT2D eigenvalue weighted by Crippen LogP contribution is 1.90. The third-order valence-electron chi connectivity index (χ3n) is 0.808. The van der Waals surface area contributed by atoms with Gasteiger partial charge in [0, 0.05) is 12.4 Å². The fourth-order valence-corrected chi connectivity index (χ4v) is 0.407. The Morgan fingerprint density at radius 2 is 2.38 bits per heavy atom. The zero-order valence-electron chi connectivity index (χ0n) is 4.33. The van der Waals surface area contributed by atoms with E-state index in [1.165, 1.54) is 5.12 Å². The second-order valence-corrected chi connectivity index (χ2v) is 1.50. The lowest BCUT2D eigenvalue weighted by Gasteiger charge is -2.16. The molecular formula is C4H8N4. The lowest BCUT2D eigenvalue weighted by Crippen LogP contribution is -2.37. The minimum Gasteiger partial charge on any atom is -0.397 e. The number of rotatable bonds is 0. The standard InChI is InChI=1S/C4H8N4/c5-4-1-2-8(6)7-3-4/h1-3,7H,5-6H2. The van der Waals surface area contributed by atoms with Crippen LogP contribution in [0.3, 0.4) is 0 Å². The van der Waals surface area contributed by atoms with Crippen molar-refractivity contribution in [2.75, 3.05) is 0 Å². The maximum absolute atomic E-state index is 5.33. The van der Waals surface area contributed by atoms with E-state index in [0.29, 0.717) is 5.70 Å². The smallest absolute Gasteiger partial charge is 0.0509 e. The molecule has 0 aromatic heterocycles. The highest BCUT2D eigenvalue weighted by atomic mass is 15.7. The molecule has 0 aromatic carbocycles. The van der Waals surface area contributed by atoms with Gasteiger partial charge in [-0.05, 0) is 6.08 Å². The maximum Gasteiger partial charge on any atom is 0.0509 e. The molecule has 4 heteroatoms. The number of allylic oxidation sites excluding steroid dienone is 1. The molecule has 1 aliphatic rings. The van der Waals surface area contributed by atoms with Crippen molar-refractivity contribution in [3.05, 3.63) is 24.2 Å². The van der Waals surface area contributed by atoms with Crippen molar-refractivity contribution >= 4 is 0 Å². The van der Waals surface area contributed by atoms with Crippen LogP contribution in [-0.4, -0.2) is 5.12 Å². The summed E-state index contributed by atoms with van der Waals surface area (Å²) in [5, 5.41) is 1.32. The van der Waals surface area contributed by atoms with E-state index < -0.39 is 0 Å². The van der Waals surface area contributed by atoms with Crippen LogP contribution in [-0.2, 0) is 0 Å². The minimum atomic E-state index is 0.673. The number of nitrogens with one attached hydrogen (secondary N) is 1. The second-order valence-electron chi connectivity index (χ2n) is 1.50. The lowest BCUT2D eigenvalue weighted by molar-refractivity contribution is 0.323. The third-order valence-corrected chi connectivity index (χ3v) is 0.808. The lowest BCUT2D eigenvalue weighted by atomic mass is 10.4. The molecule has 4 nitrogen and oxygen atoms in total. The first-order valence-electron chi connectivity index (χ1n) is 2.23. The zero-order valence-corrected chi connectivity index (χ0v) is 4.33. The van der Waals surface area contributed by atoms with E-state index in [1.54, 1.807) is 18.5 Å². The van der Waals surface area contributed by atoms with Crippen molar-refractivity contribution in [1.29, 1.82) is 0 Å². The summed E-state index contributed by atoms with van der Waals surface area (Å²) in [6.45, 7) is 0.